The van der Waals surface area contributed by atoms with Crippen LogP contribution in [0.25, 0.3) is 0 Å². The van der Waals surface area contributed by atoms with Gasteiger partial charge in [0.25, 0.3) is 5.91 Å². The fourth-order valence-corrected chi connectivity index (χ4v) is 3.83. The van der Waals surface area contributed by atoms with E-state index >= 15 is 0 Å². The molecule has 1 saturated heterocycles. The molecule has 0 aliphatic carbocycles. The van der Waals surface area contributed by atoms with Gasteiger partial charge in [-0.05, 0) is 61.7 Å². The van der Waals surface area contributed by atoms with Crippen molar-refractivity contribution in [1.29, 1.82) is 0 Å². The summed E-state index contributed by atoms with van der Waals surface area (Å²) in [5.74, 6) is 1.39. The van der Waals surface area contributed by atoms with Crippen LogP contribution in [0.5, 0.6) is 17.2 Å². The average molecular weight is 411 g/mol. The van der Waals surface area contributed by atoms with Crippen LogP contribution in [0.2, 0.25) is 0 Å². The Morgan fingerprint density at radius 2 is 1.83 bits per heavy atom. The van der Waals surface area contributed by atoms with Crippen molar-refractivity contribution in [3.63, 3.8) is 0 Å². The van der Waals surface area contributed by atoms with Crippen LogP contribution in [0, 0.1) is 0 Å². The Labute approximate surface area is 175 Å². The standard InChI is InChI=1S/C23H25NO6/c1-2-27-18-8-5-16(6-9-18)23(26)30-15-22(25)24-11-3-4-19(24)17-7-10-20-21(14-17)29-13-12-28-20/h5-10,14,19H,2-4,11-13,15H2,1H3. The molecule has 2 aliphatic heterocycles. The summed E-state index contributed by atoms with van der Waals surface area (Å²) in [5, 5.41) is 0. The van der Waals surface area contributed by atoms with Crippen molar-refractivity contribution in [1.82, 2.24) is 4.90 Å². The molecule has 2 aliphatic rings. The molecule has 7 nitrogen and oxygen atoms in total. The summed E-state index contributed by atoms with van der Waals surface area (Å²) in [6.45, 7) is 3.86. The van der Waals surface area contributed by atoms with Crippen LogP contribution >= 0.6 is 0 Å². The number of nitrogens with zero attached hydrogens (tertiary/aromatic N) is 1. The molecule has 1 unspecified atom stereocenters. The molecule has 2 heterocycles. The maximum absolute atomic E-state index is 12.8. The predicted octanol–water partition coefficient (Wildman–Crippen LogP) is 3.38. The number of carbonyl (C=O) groups is 2. The van der Waals surface area contributed by atoms with Gasteiger partial charge in [-0.25, -0.2) is 4.79 Å². The summed E-state index contributed by atoms with van der Waals surface area (Å²) in [5.41, 5.74) is 1.39. The van der Waals surface area contributed by atoms with Gasteiger partial charge in [-0.3, -0.25) is 4.79 Å². The molecule has 4 rings (SSSR count). The predicted molar refractivity (Wildman–Crippen MR) is 109 cm³/mol. The molecule has 2 aromatic carbocycles. The molecule has 1 fully saturated rings. The van der Waals surface area contributed by atoms with E-state index in [0.29, 0.717) is 43.4 Å². The van der Waals surface area contributed by atoms with Gasteiger partial charge in [-0.1, -0.05) is 6.07 Å². The Bertz CT molecular complexity index is 910. The highest BCUT2D eigenvalue weighted by Gasteiger charge is 2.31. The van der Waals surface area contributed by atoms with E-state index in [1.165, 1.54) is 0 Å². The average Bonchev–Trinajstić information content (AvgIpc) is 3.28. The van der Waals surface area contributed by atoms with Gasteiger partial charge in [0.15, 0.2) is 18.1 Å². The second-order valence-corrected chi connectivity index (χ2v) is 7.18. The van der Waals surface area contributed by atoms with Gasteiger partial charge in [0, 0.05) is 6.54 Å². The largest absolute Gasteiger partial charge is 0.494 e. The first-order valence-corrected chi connectivity index (χ1v) is 10.2. The quantitative estimate of drug-likeness (QED) is 0.679. The summed E-state index contributed by atoms with van der Waals surface area (Å²) < 4.78 is 21.9. The van der Waals surface area contributed by atoms with Gasteiger partial charge < -0.3 is 23.8 Å². The number of benzene rings is 2. The number of hydrogen-bond donors (Lipinski definition) is 0. The molecule has 0 radical (unpaired) electrons. The summed E-state index contributed by atoms with van der Waals surface area (Å²) in [4.78, 5) is 26.8. The lowest BCUT2D eigenvalue weighted by atomic mass is 10.0. The second kappa shape index (κ2) is 9.07. The number of esters is 1. The highest BCUT2D eigenvalue weighted by molar-refractivity contribution is 5.91. The zero-order chi connectivity index (χ0) is 20.9. The van der Waals surface area contributed by atoms with E-state index in [0.717, 1.165) is 24.2 Å². The second-order valence-electron chi connectivity index (χ2n) is 7.18. The molecule has 0 bridgehead atoms. The van der Waals surface area contributed by atoms with E-state index < -0.39 is 5.97 Å². The van der Waals surface area contributed by atoms with Crippen molar-refractivity contribution in [2.24, 2.45) is 0 Å². The van der Waals surface area contributed by atoms with Crippen molar-refractivity contribution in [3.8, 4) is 17.2 Å². The Kier molecular flexibility index (Phi) is 6.07. The zero-order valence-corrected chi connectivity index (χ0v) is 17.0. The first kappa shape index (κ1) is 20.1. The fourth-order valence-electron chi connectivity index (χ4n) is 3.83. The van der Waals surface area contributed by atoms with Crippen LogP contribution in [0.4, 0.5) is 0 Å². The third-order valence-corrected chi connectivity index (χ3v) is 5.25. The maximum atomic E-state index is 12.8. The summed E-state index contributed by atoms with van der Waals surface area (Å²) in [6, 6.07) is 12.4. The van der Waals surface area contributed by atoms with Crippen molar-refractivity contribution in [2.45, 2.75) is 25.8 Å². The third kappa shape index (κ3) is 4.35. The van der Waals surface area contributed by atoms with E-state index in [2.05, 4.69) is 0 Å². The molecule has 158 valence electrons. The Hall–Kier alpha value is -3.22. The lowest BCUT2D eigenvalue weighted by Crippen LogP contribution is -2.34. The normalized spacial score (nSPS) is 17.5. The van der Waals surface area contributed by atoms with Crippen LogP contribution < -0.4 is 14.2 Å². The Balaban J connectivity index is 1.37. The molecule has 1 atom stereocenters. The van der Waals surface area contributed by atoms with Crippen molar-refractivity contribution < 1.29 is 28.5 Å². The van der Waals surface area contributed by atoms with E-state index in [1.54, 1.807) is 29.2 Å². The van der Waals surface area contributed by atoms with Crippen molar-refractivity contribution in [2.75, 3.05) is 33.0 Å². The van der Waals surface area contributed by atoms with Gasteiger partial charge in [-0.15, -0.1) is 0 Å². The number of fused-ring (bicyclic) bond motifs is 1. The molecule has 7 heteroatoms. The minimum Gasteiger partial charge on any atom is -0.494 e. The topological polar surface area (TPSA) is 74.3 Å². The molecule has 30 heavy (non-hydrogen) atoms. The number of hydrogen-bond acceptors (Lipinski definition) is 6. The molecule has 0 spiro atoms. The number of likely N-dealkylation sites (tertiary alicyclic amines) is 1. The van der Waals surface area contributed by atoms with Crippen LogP contribution in [0.3, 0.4) is 0 Å². The van der Waals surface area contributed by atoms with Crippen molar-refractivity contribution in [3.05, 3.63) is 53.6 Å². The summed E-state index contributed by atoms with van der Waals surface area (Å²) in [6.07, 6.45) is 1.76. The fraction of sp³-hybridized carbons (Fsp3) is 0.391. The van der Waals surface area contributed by atoms with Gasteiger partial charge in [0.05, 0.1) is 18.2 Å². The Morgan fingerprint density at radius 1 is 1.07 bits per heavy atom. The molecular weight excluding hydrogens is 386 g/mol. The van der Waals surface area contributed by atoms with Crippen LogP contribution in [-0.4, -0.2) is 49.7 Å². The number of rotatable bonds is 6. The Morgan fingerprint density at radius 3 is 2.60 bits per heavy atom. The minimum absolute atomic E-state index is 0.0579. The van der Waals surface area contributed by atoms with E-state index in [1.807, 2.05) is 25.1 Å². The van der Waals surface area contributed by atoms with Gasteiger partial charge in [0.2, 0.25) is 0 Å². The molecule has 0 saturated carbocycles. The van der Waals surface area contributed by atoms with Gasteiger partial charge >= 0.3 is 5.97 Å². The van der Waals surface area contributed by atoms with E-state index in [4.69, 9.17) is 18.9 Å². The maximum Gasteiger partial charge on any atom is 0.338 e. The van der Waals surface area contributed by atoms with E-state index in [9.17, 15) is 9.59 Å². The van der Waals surface area contributed by atoms with Gasteiger partial charge in [-0.2, -0.15) is 0 Å². The first-order valence-electron chi connectivity index (χ1n) is 10.2. The highest BCUT2D eigenvalue weighted by atomic mass is 16.6. The molecule has 1 amide bonds. The van der Waals surface area contributed by atoms with Crippen LogP contribution in [0.1, 0.15) is 41.7 Å². The van der Waals surface area contributed by atoms with Gasteiger partial charge in [0.1, 0.15) is 19.0 Å². The number of amides is 1. The van der Waals surface area contributed by atoms with E-state index in [-0.39, 0.29) is 18.6 Å². The summed E-state index contributed by atoms with van der Waals surface area (Å²) >= 11 is 0. The third-order valence-electron chi connectivity index (χ3n) is 5.25. The molecule has 0 aromatic heterocycles. The lowest BCUT2D eigenvalue weighted by molar-refractivity contribution is -0.135. The highest BCUT2D eigenvalue weighted by Crippen LogP contribution is 2.38. The SMILES string of the molecule is CCOc1ccc(C(=O)OCC(=O)N2CCCC2c2ccc3c(c2)OCCO3)cc1. The monoisotopic (exact) mass is 411 g/mol. The van der Waals surface area contributed by atoms with Crippen LogP contribution in [-0.2, 0) is 9.53 Å². The zero-order valence-electron chi connectivity index (χ0n) is 17.0. The first-order chi connectivity index (χ1) is 14.7. The molecule has 2 aromatic rings. The smallest absolute Gasteiger partial charge is 0.338 e. The number of carbonyl (C=O) groups excluding carboxylic acids is 2. The molecule has 0 N–H and O–H groups in total. The summed E-state index contributed by atoms with van der Waals surface area (Å²) in [7, 11) is 0. The lowest BCUT2D eigenvalue weighted by Gasteiger charge is -2.26. The minimum atomic E-state index is -0.526. The van der Waals surface area contributed by atoms with Crippen molar-refractivity contribution >= 4 is 11.9 Å². The molecular formula is C23H25NO6. The van der Waals surface area contributed by atoms with Crippen LogP contribution in [0.15, 0.2) is 42.5 Å². The number of ether oxygens (including phenoxy) is 4.